The number of anilines is 1. The van der Waals surface area contributed by atoms with Gasteiger partial charge < -0.3 is 5.32 Å². The standard InChI is InChI=1S/C9H13N5O3S2/c1-3-5-14(6-4-10)19(16,17)9-13-12-8(18-9)11-7(2)15/h3,5-6H2,1-2H3,(H,11,12,15). The van der Waals surface area contributed by atoms with Gasteiger partial charge in [0.15, 0.2) is 0 Å². The molecule has 104 valence electrons. The predicted octanol–water partition coefficient (Wildman–Crippen LogP) is 0.421. The summed E-state index contributed by atoms with van der Waals surface area (Å²) >= 11 is 0.755. The molecule has 1 aromatic rings. The van der Waals surface area contributed by atoms with Crippen LogP contribution in [0.25, 0.3) is 0 Å². The van der Waals surface area contributed by atoms with Gasteiger partial charge in [-0.25, -0.2) is 8.42 Å². The van der Waals surface area contributed by atoms with Gasteiger partial charge in [0.2, 0.25) is 15.4 Å². The molecule has 0 unspecified atom stereocenters. The van der Waals surface area contributed by atoms with Gasteiger partial charge in [0.25, 0.3) is 10.0 Å². The summed E-state index contributed by atoms with van der Waals surface area (Å²) in [5.41, 5.74) is 0. The molecule has 0 aromatic carbocycles. The van der Waals surface area contributed by atoms with Gasteiger partial charge in [0, 0.05) is 13.5 Å². The van der Waals surface area contributed by atoms with Crippen molar-refractivity contribution in [3.8, 4) is 6.07 Å². The largest absolute Gasteiger partial charge is 0.301 e. The van der Waals surface area contributed by atoms with Gasteiger partial charge in [0.05, 0.1) is 6.07 Å². The maximum Gasteiger partial charge on any atom is 0.273 e. The van der Waals surface area contributed by atoms with Gasteiger partial charge >= 0.3 is 0 Å². The monoisotopic (exact) mass is 303 g/mol. The third-order valence-corrected chi connectivity index (χ3v) is 5.00. The quantitative estimate of drug-likeness (QED) is 0.601. The molecule has 1 aromatic heterocycles. The molecule has 0 aliphatic rings. The topological polar surface area (TPSA) is 116 Å². The van der Waals surface area contributed by atoms with E-state index in [-0.39, 0.29) is 28.5 Å². The Morgan fingerprint density at radius 2 is 2.21 bits per heavy atom. The van der Waals surface area contributed by atoms with Gasteiger partial charge in [-0.1, -0.05) is 18.3 Å². The van der Waals surface area contributed by atoms with Crippen molar-refractivity contribution in [1.82, 2.24) is 14.5 Å². The fraction of sp³-hybridized carbons (Fsp3) is 0.556. The van der Waals surface area contributed by atoms with Crippen molar-refractivity contribution in [3.63, 3.8) is 0 Å². The molecule has 0 aliphatic heterocycles. The zero-order chi connectivity index (χ0) is 14.5. The third-order valence-electron chi connectivity index (χ3n) is 1.97. The molecule has 0 fully saturated rings. The number of nitrogens with zero attached hydrogens (tertiary/aromatic N) is 4. The summed E-state index contributed by atoms with van der Waals surface area (Å²) in [7, 11) is -3.84. The zero-order valence-corrected chi connectivity index (χ0v) is 12.1. The minimum absolute atomic E-state index is 0.111. The van der Waals surface area contributed by atoms with Gasteiger partial charge in [-0.2, -0.15) is 9.57 Å². The van der Waals surface area contributed by atoms with Crippen LogP contribution >= 0.6 is 11.3 Å². The van der Waals surface area contributed by atoms with E-state index in [2.05, 4.69) is 15.5 Å². The lowest BCUT2D eigenvalue weighted by molar-refractivity contribution is -0.114. The molecule has 0 saturated carbocycles. The van der Waals surface area contributed by atoms with Crippen molar-refractivity contribution in [2.24, 2.45) is 0 Å². The number of hydrogen-bond donors (Lipinski definition) is 1. The first kappa shape index (κ1) is 15.5. The Labute approximate surface area is 115 Å². The molecule has 0 atom stereocenters. The summed E-state index contributed by atoms with van der Waals surface area (Å²) in [6.07, 6.45) is 0.582. The molecular formula is C9H13N5O3S2. The van der Waals surface area contributed by atoms with E-state index in [4.69, 9.17) is 5.26 Å². The highest BCUT2D eigenvalue weighted by molar-refractivity contribution is 7.91. The molecule has 0 saturated heterocycles. The van der Waals surface area contributed by atoms with E-state index in [1.54, 1.807) is 6.07 Å². The number of nitrogens with one attached hydrogen (secondary N) is 1. The average molecular weight is 303 g/mol. The normalized spacial score (nSPS) is 11.3. The van der Waals surface area contributed by atoms with Crippen molar-refractivity contribution in [1.29, 1.82) is 5.26 Å². The van der Waals surface area contributed by atoms with Gasteiger partial charge in [-0.05, 0) is 6.42 Å². The first-order chi connectivity index (χ1) is 8.91. The molecule has 0 radical (unpaired) electrons. The van der Waals surface area contributed by atoms with E-state index in [0.717, 1.165) is 15.6 Å². The Morgan fingerprint density at radius 3 is 2.74 bits per heavy atom. The first-order valence-corrected chi connectivity index (χ1v) is 7.65. The van der Waals surface area contributed by atoms with Crippen molar-refractivity contribution >= 4 is 32.4 Å². The van der Waals surface area contributed by atoms with Crippen molar-refractivity contribution in [2.75, 3.05) is 18.4 Å². The van der Waals surface area contributed by atoms with E-state index < -0.39 is 10.0 Å². The molecule has 10 heteroatoms. The van der Waals surface area contributed by atoms with Crippen LogP contribution in [-0.4, -0.2) is 41.9 Å². The van der Waals surface area contributed by atoms with Crippen LogP contribution < -0.4 is 5.32 Å². The lowest BCUT2D eigenvalue weighted by Gasteiger charge is -2.15. The average Bonchev–Trinajstić information content (AvgIpc) is 2.77. The number of aromatic nitrogens is 2. The molecule has 1 amide bonds. The van der Waals surface area contributed by atoms with E-state index >= 15 is 0 Å². The second kappa shape index (κ2) is 6.55. The molecule has 0 bridgehead atoms. The van der Waals surface area contributed by atoms with Crippen LogP contribution in [0.15, 0.2) is 4.34 Å². The van der Waals surface area contributed by atoms with Crippen LogP contribution in [0.4, 0.5) is 5.13 Å². The molecule has 1 rings (SSSR count). The lowest BCUT2D eigenvalue weighted by atomic mass is 10.5. The van der Waals surface area contributed by atoms with E-state index in [1.807, 2.05) is 6.92 Å². The highest BCUT2D eigenvalue weighted by atomic mass is 32.2. The summed E-state index contributed by atoms with van der Waals surface area (Å²) in [5, 5.41) is 18.2. The molecule has 1 N–H and O–H groups in total. The van der Waals surface area contributed by atoms with Crippen molar-refractivity contribution in [3.05, 3.63) is 0 Å². The van der Waals surface area contributed by atoms with Crippen molar-refractivity contribution < 1.29 is 13.2 Å². The molecule has 1 heterocycles. The zero-order valence-electron chi connectivity index (χ0n) is 10.5. The van der Waals surface area contributed by atoms with Crippen LogP contribution in [0.2, 0.25) is 0 Å². The Bertz CT molecular complexity index is 589. The van der Waals surface area contributed by atoms with Crippen molar-refractivity contribution in [2.45, 2.75) is 24.6 Å². The Hall–Kier alpha value is -1.57. The number of amides is 1. The Balaban J connectivity index is 3.01. The minimum atomic E-state index is -3.84. The summed E-state index contributed by atoms with van der Waals surface area (Å²) in [5.74, 6) is -0.359. The molecular weight excluding hydrogens is 290 g/mol. The number of hydrogen-bond acceptors (Lipinski definition) is 7. The number of carbonyl (C=O) groups excluding carboxylic acids is 1. The number of sulfonamides is 1. The minimum Gasteiger partial charge on any atom is -0.301 e. The maximum absolute atomic E-state index is 12.2. The second-order valence-electron chi connectivity index (χ2n) is 3.55. The van der Waals surface area contributed by atoms with E-state index in [9.17, 15) is 13.2 Å². The first-order valence-electron chi connectivity index (χ1n) is 5.40. The van der Waals surface area contributed by atoms with E-state index in [1.165, 1.54) is 6.92 Å². The summed E-state index contributed by atoms with van der Waals surface area (Å²) in [4.78, 5) is 10.8. The summed E-state index contributed by atoms with van der Waals surface area (Å²) in [6.45, 7) is 3.08. The Kier molecular flexibility index (Phi) is 5.34. The molecule has 0 aliphatic carbocycles. The SMILES string of the molecule is CCCN(CC#N)S(=O)(=O)c1nnc(NC(C)=O)s1. The van der Waals surface area contributed by atoms with Gasteiger partial charge in [-0.15, -0.1) is 10.2 Å². The highest BCUT2D eigenvalue weighted by Crippen LogP contribution is 2.23. The number of carbonyl (C=O) groups is 1. The smallest absolute Gasteiger partial charge is 0.273 e. The molecule has 0 spiro atoms. The number of rotatable bonds is 6. The van der Waals surface area contributed by atoms with Crippen LogP contribution in [0, 0.1) is 11.3 Å². The fourth-order valence-electron chi connectivity index (χ4n) is 1.24. The van der Waals surface area contributed by atoms with E-state index in [0.29, 0.717) is 6.42 Å². The Morgan fingerprint density at radius 1 is 1.53 bits per heavy atom. The summed E-state index contributed by atoms with van der Waals surface area (Å²) < 4.78 is 25.2. The van der Waals surface area contributed by atoms with Gasteiger partial charge in [-0.3, -0.25) is 4.79 Å². The molecule has 19 heavy (non-hydrogen) atoms. The van der Waals surface area contributed by atoms with Gasteiger partial charge in [0.1, 0.15) is 6.54 Å². The summed E-state index contributed by atoms with van der Waals surface area (Å²) in [6, 6.07) is 1.80. The fourth-order valence-corrected chi connectivity index (χ4v) is 3.75. The molecule has 8 nitrogen and oxygen atoms in total. The van der Waals surface area contributed by atoms with Crippen LogP contribution in [0.1, 0.15) is 20.3 Å². The van der Waals surface area contributed by atoms with Crippen LogP contribution in [-0.2, 0) is 14.8 Å². The second-order valence-corrected chi connectivity index (χ2v) is 6.64. The predicted molar refractivity (Wildman–Crippen MR) is 68.9 cm³/mol. The maximum atomic E-state index is 12.2. The highest BCUT2D eigenvalue weighted by Gasteiger charge is 2.28. The van der Waals surface area contributed by atoms with Crippen LogP contribution in [0.3, 0.4) is 0 Å². The van der Waals surface area contributed by atoms with Crippen LogP contribution in [0.5, 0.6) is 0 Å². The third kappa shape index (κ3) is 3.95. The number of nitriles is 1. The lowest BCUT2D eigenvalue weighted by Crippen LogP contribution is -2.32.